The van der Waals surface area contributed by atoms with Gasteiger partial charge in [0.2, 0.25) is 0 Å². The number of rotatable bonds is 5. The molecule has 3 rings (SSSR count). The van der Waals surface area contributed by atoms with Crippen molar-refractivity contribution in [1.82, 2.24) is 4.68 Å². The molecule has 1 aromatic carbocycles. The number of hydrogen-bond acceptors (Lipinski definition) is 3. The van der Waals surface area contributed by atoms with Gasteiger partial charge in [-0.05, 0) is 30.4 Å². The molecule has 0 unspecified atom stereocenters. The molecule has 146 valence electrons. The first-order valence-electron chi connectivity index (χ1n) is 9.24. The third-order valence-electron chi connectivity index (χ3n) is 5.05. The Balaban J connectivity index is 2.21. The van der Waals surface area contributed by atoms with Gasteiger partial charge in [0.15, 0.2) is 5.78 Å². The maximum absolute atomic E-state index is 12.9. The van der Waals surface area contributed by atoms with Gasteiger partial charge in [0, 0.05) is 18.2 Å². The van der Waals surface area contributed by atoms with Crippen LogP contribution >= 0.6 is 23.2 Å². The van der Waals surface area contributed by atoms with Crippen molar-refractivity contribution in [2.24, 2.45) is 5.41 Å². The van der Waals surface area contributed by atoms with Crippen LogP contribution in [0.2, 0.25) is 10.0 Å². The molecular formula is C20H24Cl2N2O3. The summed E-state index contributed by atoms with van der Waals surface area (Å²) in [5.74, 6) is -0.490. The molecule has 1 aliphatic rings. The minimum atomic E-state index is -0.435. The maximum atomic E-state index is 12.9. The van der Waals surface area contributed by atoms with E-state index in [0.717, 1.165) is 12.8 Å². The van der Waals surface area contributed by atoms with E-state index in [1.54, 1.807) is 12.1 Å². The van der Waals surface area contributed by atoms with E-state index < -0.39 is 5.91 Å². The zero-order chi connectivity index (χ0) is 19.9. The van der Waals surface area contributed by atoms with E-state index in [0.29, 0.717) is 56.6 Å². The fraction of sp³-hybridized carbons (Fsp3) is 0.500. The minimum Gasteiger partial charge on any atom is -0.294 e. The highest BCUT2D eigenvalue weighted by molar-refractivity contribution is 6.41. The van der Waals surface area contributed by atoms with E-state index in [4.69, 9.17) is 23.2 Å². The first-order valence-corrected chi connectivity index (χ1v) is 10.00. The summed E-state index contributed by atoms with van der Waals surface area (Å²) in [4.78, 5) is 25.5. The number of ketones is 1. The second-order valence-electron chi connectivity index (χ2n) is 7.97. The van der Waals surface area contributed by atoms with E-state index in [9.17, 15) is 14.8 Å². The number of Topliss-reactive ketones (excluding diaryl/α,β-unsaturated/α-hetero) is 1. The molecule has 5 nitrogen and oxygen atoms in total. The zero-order valence-corrected chi connectivity index (χ0v) is 17.3. The average molecular weight is 411 g/mol. The Morgan fingerprint density at radius 3 is 2.56 bits per heavy atom. The van der Waals surface area contributed by atoms with Crippen molar-refractivity contribution in [3.8, 4) is 0 Å². The van der Waals surface area contributed by atoms with E-state index in [1.807, 2.05) is 20.8 Å². The van der Waals surface area contributed by atoms with Crippen LogP contribution in [0.4, 0.5) is 0 Å². The molecule has 2 aromatic rings. The molecule has 1 heterocycles. The monoisotopic (exact) mass is 410 g/mol. The van der Waals surface area contributed by atoms with Crippen LogP contribution in [0.15, 0.2) is 12.1 Å². The average Bonchev–Trinajstić information content (AvgIpc) is 2.92. The van der Waals surface area contributed by atoms with Gasteiger partial charge >= 0.3 is 0 Å². The lowest BCUT2D eigenvalue weighted by Crippen LogP contribution is -2.40. The molecule has 0 atom stereocenters. The normalized spacial score (nSPS) is 15.9. The maximum Gasteiger partial charge on any atom is 0.267 e. The van der Waals surface area contributed by atoms with Crippen molar-refractivity contribution < 1.29 is 14.8 Å². The van der Waals surface area contributed by atoms with Crippen LogP contribution in [-0.2, 0) is 11.2 Å². The topological polar surface area (TPSA) is 62.5 Å². The molecule has 0 saturated heterocycles. The smallest absolute Gasteiger partial charge is 0.267 e. The number of unbranched alkanes of at least 4 members (excludes halogenated alkanes) is 2. The summed E-state index contributed by atoms with van der Waals surface area (Å²) < 4.78 is 1.38. The molecule has 0 bridgehead atoms. The fourth-order valence-corrected chi connectivity index (χ4v) is 4.30. The number of carbonyl (C=O) groups is 2. The predicted octanol–water partition coefficient (Wildman–Crippen LogP) is 5.54. The summed E-state index contributed by atoms with van der Waals surface area (Å²) in [5, 5.41) is 12.5. The standard InChI is InChI=1S/C20H24Cl2N2O3/c1-4-5-6-7-16(26)24(27)23-14-10-20(2,3)11-15(25)18(14)17-12(21)8-9-13(22)19(17)23/h8-9,27H,4-7,10-11H2,1-3H3. The van der Waals surface area contributed by atoms with Crippen LogP contribution in [-0.4, -0.2) is 21.6 Å². The molecule has 1 aliphatic carbocycles. The minimum absolute atomic E-state index is 0.0546. The van der Waals surface area contributed by atoms with Gasteiger partial charge in [-0.1, -0.05) is 56.8 Å². The number of amides is 1. The van der Waals surface area contributed by atoms with E-state index in [2.05, 4.69) is 0 Å². The largest absolute Gasteiger partial charge is 0.294 e. The number of halogens is 2. The molecule has 0 aliphatic heterocycles. The first-order chi connectivity index (χ1) is 12.7. The third kappa shape index (κ3) is 3.60. The number of hydrogen-bond donors (Lipinski definition) is 1. The van der Waals surface area contributed by atoms with Gasteiger partial charge < -0.3 is 0 Å². The quantitative estimate of drug-likeness (QED) is 0.399. The summed E-state index contributed by atoms with van der Waals surface area (Å²) >= 11 is 12.8. The van der Waals surface area contributed by atoms with Crippen LogP contribution < -0.4 is 5.17 Å². The molecule has 27 heavy (non-hydrogen) atoms. The first kappa shape index (κ1) is 20.2. The van der Waals surface area contributed by atoms with Gasteiger partial charge in [-0.2, -0.15) is 0 Å². The predicted molar refractivity (Wildman–Crippen MR) is 108 cm³/mol. The van der Waals surface area contributed by atoms with Crippen LogP contribution in [0.25, 0.3) is 10.9 Å². The number of nitrogens with zero attached hydrogens (tertiary/aromatic N) is 2. The van der Waals surface area contributed by atoms with Crippen LogP contribution in [0.1, 0.15) is 68.9 Å². The number of benzene rings is 1. The number of carbonyl (C=O) groups excluding carboxylic acids is 2. The number of aromatic nitrogens is 1. The lowest BCUT2D eigenvalue weighted by Gasteiger charge is -2.31. The summed E-state index contributed by atoms with van der Waals surface area (Å²) in [5.41, 5.74) is 1.14. The second-order valence-corrected chi connectivity index (χ2v) is 8.78. The van der Waals surface area contributed by atoms with Gasteiger partial charge in [-0.15, -0.1) is 5.17 Å². The van der Waals surface area contributed by atoms with Crippen molar-refractivity contribution in [3.63, 3.8) is 0 Å². The van der Waals surface area contributed by atoms with Gasteiger partial charge in [-0.3, -0.25) is 14.8 Å². The summed E-state index contributed by atoms with van der Waals surface area (Å²) in [6.45, 7) is 6.03. The van der Waals surface area contributed by atoms with Crippen molar-refractivity contribution in [2.45, 2.75) is 59.3 Å². The molecule has 0 spiro atoms. The number of fused-ring (bicyclic) bond motifs is 3. The van der Waals surface area contributed by atoms with Gasteiger partial charge in [0.1, 0.15) is 0 Å². The fourth-order valence-electron chi connectivity index (χ4n) is 3.82. The van der Waals surface area contributed by atoms with Crippen molar-refractivity contribution in [2.75, 3.05) is 5.17 Å². The highest BCUT2D eigenvalue weighted by atomic mass is 35.5. The molecule has 1 amide bonds. The Kier molecular flexibility index (Phi) is 5.57. The van der Waals surface area contributed by atoms with Crippen molar-refractivity contribution in [3.05, 3.63) is 33.4 Å². The van der Waals surface area contributed by atoms with Crippen molar-refractivity contribution >= 4 is 45.8 Å². The zero-order valence-electron chi connectivity index (χ0n) is 15.8. The van der Waals surface area contributed by atoms with Gasteiger partial charge in [-0.25, -0.2) is 4.68 Å². The lowest BCUT2D eigenvalue weighted by molar-refractivity contribution is -0.127. The van der Waals surface area contributed by atoms with E-state index >= 15 is 0 Å². The van der Waals surface area contributed by atoms with E-state index in [-0.39, 0.29) is 17.6 Å². The molecule has 7 heteroatoms. The van der Waals surface area contributed by atoms with Crippen LogP contribution in [0.3, 0.4) is 0 Å². The van der Waals surface area contributed by atoms with Crippen LogP contribution in [0.5, 0.6) is 0 Å². The lowest BCUT2D eigenvalue weighted by atomic mass is 9.76. The highest BCUT2D eigenvalue weighted by Gasteiger charge is 2.38. The van der Waals surface area contributed by atoms with Crippen molar-refractivity contribution in [1.29, 1.82) is 0 Å². The second kappa shape index (κ2) is 7.46. The molecule has 1 aromatic heterocycles. The molecule has 0 radical (unpaired) electrons. The summed E-state index contributed by atoms with van der Waals surface area (Å²) in [7, 11) is 0. The molecule has 0 saturated carbocycles. The highest BCUT2D eigenvalue weighted by Crippen LogP contribution is 2.43. The Hall–Kier alpha value is -1.56. The Labute approximate surface area is 168 Å². The molecule has 1 N–H and O–H groups in total. The Morgan fingerprint density at radius 2 is 1.89 bits per heavy atom. The molecule has 0 fully saturated rings. The summed E-state index contributed by atoms with van der Waals surface area (Å²) in [6.07, 6.45) is 3.68. The summed E-state index contributed by atoms with van der Waals surface area (Å²) in [6, 6.07) is 3.24. The Bertz CT molecular complexity index is 918. The number of hydroxylamine groups is 1. The van der Waals surface area contributed by atoms with Gasteiger partial charge in [0.05, 0.1) is 26.8 Å². The van der Waals surface area contributed by atoms with Gasteiger partial charge in [0.25, 0.3) is 5.91 Å². The SMILES string of the molecule is CCCCCC(=O)N(O)n1c2c(c3c(Cl)ccc(Cl)c31)C(=O)CC(C)(C)C2. The Morgan fingerprint density at radius 1 is 1.22 bits per heavy atom. The third-order valence-corrected chi connectivity index (χ3v) is 5.67. The molecular weight excluding hydrogens is 387 g/mol. The van der Waals surface area contributed by atoms with Crippen LogP contribution in [0, 0.1) is 5.41 Å². The van der Waals surface area contributed by atoms with E-state index in [1.165, 1.54) is 4.68 Å².